The van der Waals surface area contributed by atoms with E-state index >= 15 is 0 Å². The van der Waals surface area contributed by atoms with Gasteiger partial charge in [-0.05, 0) is 35.7 Å². The van der Waals surface area contributed by atoms with Gasteiger partial charge in [-0.1, -0.05) is 66.7 Å². The van der Waals surface area contributed by atoms with Crippen LogP contribution in [0.15, 0.2) is 78.9 Å². The number of ketones is 1. The van der Waals surface area contributed by atoms with Crippen LogP contribution in [0.3, 0.4) is 0 Å². The average Bonchev–Trinajstić information content (AvgIpc) is 2.91. The lowest BCUT2D eigenvalue weighted by Gasteiger charge is -2.43. The van der Waals surface area contributed by atoms with Gasteiger partial charge < -0.3 is 24.4 Å². The quantitative estimate of drug-likeness (QED) is 0.340. The van der Waals surface area contributed by atoms with Crippen molar-refractivity contribution in [2.24, 2.45) is 11.8 Å². The lowest BCUT2D eigenvalue weighted by atomic mass is 9.61. The Morgan fingerprint density at radius 1 is 0.895 bits per heavy atom. The molecule has 0 heterocycles. The molecule has 198 valence electrons. The number of ether oxygens (including phenoxy) is 3. The summed E-state index contributed by atoms with van der Waals surface area (Å²) in [7, 11) is 1.36. The van der Waals surface area contributed by atoms with Crippen molar-refractivity contribution < 1.29 is 38.8 Å². The van der Waals surface area contributed by atoms with Crippen LogP contribution in [0.25, 0.3) is 0 Å². The molecule has 1 aliphatic rings. The molecular formula is C30H30O8. The Morgan fingerprint density at radius 3 is 2.00 bits per heavy atom. The van der Waals surface area contributed by atoms with Gasteiger partial charge in [0.05, 0.1) is 18.6 Å². The summed E-state index contributed by atoms with van der Waals surface area (Å²) in [5.74, 6) is -6.00. The van der Waals surface area contributed by atoms with Crippen LogP contribution in [-0.4, -0.2) is 40.6 Å². The third-order valence-electron chi connectivity index (χ3n) is 6.81. The van der Waals surface area contributed by atoms with Gasteiger partial charge >= 0.3 is 11.9 Å². The molecule has 1 saturated carbocycles. The molecule has 8 heteroatoms. The van der Waals surface area contributed by atoms with Gasteiger partial charge in [0, 0.05) is 12.3 Å². The first-order chi connectivity index (χ1) is 18.2. The first kappa shape index (κ1) is 26.9. The van der Waals surface area contributed by atoms with E-state index in [-0.39, 0.29) is 24.7 Å². The van der Waals surface area contributed by atoms with Crippen molar-refractivity contribution in [2.45, 2.75) is 38.1 Å². The second-order valence-corrected chi connectivity index (χ2v) is 9.60. The fourth-order valence-corrected chi connectivity index (χ4v) is 4.95. The van der Waals surface area contributed by atoms with E-state index in [0.29, 0.717) is 5.56 Å². The number of hydrogen-bond donors (Lipinski definition) is 2. The Balaban J connectivity index is 1.71. The zero-order valence-corrected chi connectivity index (χ0v) is 21.2. The van der Waals surface area contributed by atoms with Crippen molar-refractivity contribution in [2.75, 3.05) is 7.11 Å². The third kappa shape index (κ3) is 5.86. The standard InChI is InChI=1S/C30H30O8/c1-30(35)16-23(32)26(28(33)37-17-19-9-5-3-6-10-19)25(21-13-14-22(31)24(15-21)36-2)27(30)29(34)38-18-20-11-7-4-8-12-20/h3-15,25-27,31,35H,16-18H2,1-2H3/t25-,26-,27+,30-/m1/s1. The SMILES string of the molecule is COc1cc([C@@H]2[C@H](C(=O)OCc3ccccc3)C(=O)C[C@@](C)(O)[C@@H]2C(=O)OCc2ccccc2)ccc1O. The number of aromatic hydroxyl groups is 1. The maximum absolute atomic E-state index is 13.5. The number of benzene rings is 3. The molecule has 0 radical (unpaired) electrons. The molecular weight excluding hydrogens is 488 g/mol. The van der Waals surface area contributed by atoms with Gasteiger partial charge in [-0.15, -0.1) is 0 Å². The molecule has 8 nitrogen and oxygen atoms in total. The van der Waals surface area contributed by atoms with Gasteiger partial charge in [0.25, 0.3) is 0 Å². The zero-order valence-electron chi connectivity index (χ0n) is 21.2. The number of rotatable bonds is 8. The van der Waals surface area contributed by atoms with E-state index in [1.165, 1.54) is 32.2 Å². The minimum absolute atomic E-state index is 0.0467. The van der Waals surface area contributed by atoms with Crippen LogP contribution in [0.1, 0.15) is 36.0 Å². The fourth-order valence-electron chi connectivity index (χ4n) is 4.95. The molecule has 0 aromatic heterocycles. The number of Topliss-reactive ketones (excluding diaryl/α,β-unsaturated/α-hetero) is 1. The molecule has 0 aliphatic heterocycles. The highest BCUT2D eigenvalue weighted by Gasteiger charge is 2.57. The van der Waals surface area contributed by atoms with Gasteiger partial charge in [-0.25, -0.2) is 0 Å². The predicted octanol–water partition coefficient (Wildman–Crippen LogP) is 3.93. The molecule has 1 fully saturated rings. The van der Waals surface area contributed by atoms with Crippen LogP contribution < -0.4 is 4.74 Å². The maximum atomic E-state index is 13.5. The highest BCUT2D eigenvalue weighted by atomic mass is 16.5. The second kappa shape index (κ2) is 11.5. The number of carbonyl (C=O) groups excluding carboxylic acids is 3. The summed E-state index contributed by atoms with van der Waals surface area (Å²) in [6.45, 7) is 1.28. The van der Waals surface area contributed by atoms with Gasteiger partial charge in [-0.3, -0.25) is 14.4 Å². The number of carbonyl (C=O) groups is 3. The van der Waals surface area contributed by atoms with E-state index in [2.05, 4.69) is 0 Å². The zero-order chi connectivity index (χ0) is 27.3. The summed E-state index contributed by atoms with van der Waals surface area (Å²) in [4.78, 5) is 40.2. The normalized spacial score (nSPS) is 22.9. The summed E-state index contributed by atoms with van der Waals surface area (Å²) in [5, 5.41) is 21.5. The largest absolute Gasteiger partial charge is 0.504 e. The first-order valence-corrected chi connectivity index (χ1v) is 12.2. The molecule has 3 aromatic rings. The first-order valence-electron chi connectivity index (χ1n) is 12.2. The van der Waals surface area contributed by atoms with Crippen LogP contribution in [0, 0.1) is 11.8 Å². The average molecular weight is 519 g/mol. The number of hydrogen-bond acceptors (Lipinski definition) is 8. The van der Waals surface area contributed by atoms with Crippen molar-refractivity contribution >= 4 is 17.7 Å². The Morgan fingerprint density at radius 2 is 1.45 bits per heavy atom. The number of methoxy groups -OCH3 is 1. The van der Waals surface area contributed by atoms with E-state index in [1.807, 2.05) is 24.3 Å². The molecule has 0 unspecified atom stereocenters. The van der Waals surface area contributed by atoms with Crippen LogP contribution in [0.2, 0.25) is 0 Å². The summed E-state index contributed by atoms with van der Waals surface area (Å²) in [5.41, 5.74) is 0.0137. The summed E-state index contributed by atoms with van der Waals surface area (Å²) in [6.07, 6.45) is -0.436. The number of phenols is 1. The van der Waals surface area contributed by atoms with Crippen LogP contribution in [-0.2, 0) is 37.1 Å². The third-order valence-corrected chi connectivity index (χ3v) is 6.81. The summed E-state index contributed by atoms with van der Waals surface area (Å²) >= 11 is 0. The van der Waals surface area contributed by atoms with Gasteiger partial charge in [-0.2, -0.15) is 0 Å². The maximum Gasteiger partial charge on any atom is 0.317 e. The van der Waals surface area contributed by atoms with Gasteiger partial charge in [0.1, 0.15) is 19.1 Å². The molecule has 0 amide bonds. The molecule has 0 spiro atoms. The van der Waals surface area contributed by atoms with Crippen molar-refractivity contribution in [3.8, 4) is 11.5 Å². The van der Waals surface area contributed by atoms with Gasteiger partial charge in [0.15, 0.2) is 17.3 Å². The van der Waals surface area contributed by atoms with Crippen LogP contribution in [0.5, 0.6) is 11.5 Å². The monoisotopic (exact) mass is 518 g/mol. The Labute approximate surface area is 220 Å². The highest BCUT2D eigenvalue weighted by Crippen LogP contribution is 2.48. The van der Waals surface area contributed by atoms with Crippen molar-refractivity contribution in [3.63, 3.8) is 0 Å². The second-order valence-electron chi connectivity index (χ2n) is 9.60. The predicted molar refractivity (Wildman–Crippen MR) is 137 cm³/mol. The topological polar surface area (TPSA) is 119 Å². The molecule has 4 atom stereocenters. The Hall–Kier alpha value is -4.17. The van der Waals surface area contributed by atoms with Crippen molar-refractivity contribution in [1.82, 2.24) is 0 Å². The number of phenolic OH excluding ortho intramolecular Hbond substituents is 1. The highest BCUT2D eigenvalue weighted by molar-refractivity contribution is 6.02. The van der Waals surface area contributed by atoms with E-state index in [4.69, 9.17) is 14.2 Å². The fraction of sp³-hybridized carbons (Fsp3) is 0.300. The molecule has 0 saturated heterocycles. The molecule has 2 N–H and O–H groups in total. The summed E-state index contributed by atoms with van der Waals surface area (Å²) < 4.78 is 16.3. The van der Waals surface area contributed by atoms with E-state index in [9.17, 15) is 24.6 Å². The number of aliphatic hydroxyl groups is 1. The van der Waals surface area contributed by atoms with Crippen molar-refractivity contribution in [1.29, 1.82) is 0 Å². The Kier molecular flexibility index (Phi) is 8.12. The Bertz CT molecular complexity index is 1290. The lowest BCUT2D eigenvalue weighted by Crippen LogP contribution is -2.55. The lowest BCUT2D eigenvalue weighted by molar-refractivity contribution is -0.174. The smallest absolute Gasteiger partial charge is 0.317 e. The molecule has 4 rings (SSSR count). The molecule has 38 heavy (non-hydrogen) atoms. The minimum atomic E-state index is -1.81. The van der Waals surface area contributed by atoms with Crippen molar-refractivity contribution in [3.05, 3.63) is 95.6 Å². The molecule has 0 bridgehead atoms. The van der Waals surface area contributed by atoms with E-state index in [1.54, 1.807) is 36.4 Å². The number of esters is 2. The summed E-state index contributed by atoms with van der Waals surface area (Å²) in [6, 6.07) is 22.3. The van der Waals surface area contributed by atoms with Crippen LogP contribution >= 0.6 is 0 Å². The molecule has 1 aliphatic carbocycles. The van der Waals surface area contributed by atoms with E-state index in [0.717, 1.165) is 11.1 Å². The van der Waals surface area contributed by atoms with Gasteiger partial charge in [0.2, 0.25) is 0 Å². The minimum Gasteiger partial charge on any atom is -0.504 e. The van der Waals surface area contributed by atoms with Crippen LogP contribution in [0.4, 0.5) is 0 Å². The molecule has 3 aromatic carbocycles. The van der Waals surface area contributed by atoms with E-state index < -0.39 is 47.5 Å².